The zero-order chi connectivity index (χ0) is 26.4. The Bertz CT molecular complexity index is 1100. The standard InChI is InChI=1S/C25H35FN4O4S/c1-7-22(24(32)27-25(2,3)4)29(17-19-13-15-20(26)16-14-19)23(31)18-30(35(33,34)28(5)6)21-11-9-8-10-12-21/h8-16,22H,7,17-18H2,1-6H3,(H,27,32)/t22-/m1/s1. The lowest BCUT2D eigenvalue weighted by Crippen LogP contribution is -2.55. The molecule has 0 aliphatic rings. The van der Waals surface area contributed by atoms with Crippen molar-refractivity contribution in [2.24, 2.45) is 0 Å². The molecule has 192 valence electrons. The van der Waals surface area contributed by atoms with Gasteiger partial charge in [0.15, 0.2) is 0 Å². The number of carbonyl (C=O) groups excluding carboxylic acids is 2. The maximum atomic E-state index is 13.7. The summed E-state index contributed by atoms with van der Waals surface area (Å²) in [6.07, 6.45) is 0.306. The van der Waals surface area contributed by atoms with Crippen LogP contribution in [0.5, 0.6) is 0 Å². The van der Waals surface area contributed by atoms with E-state index in [9.17, 15) is 22.4 Å². The third-order valence-electron chi connectivity index (χ3n) is 5.21. The molecule has 0 aliphatic heterocycles. The molecule has 0 radical (unpaired) electrons. The van der Waals surface area contributed by atoms with Gasteiger partial charge in [-0.3, -0.25) is 9.59 Å². The van der Waals surface area contributed by atoms with E-state index in [1.54, 1.807) is 37.3 Å². The molecule has 2 aromatic rings. The second-order valence-corrected chi connectivity index (χ2v) is 11.5. The number of anilines is 1. The third kappa shape index (κ3) is 7.76. The first kappa shape index (κ1) is 28.3. The maximum Gasteiger partial charge on any atom is 0.304 e. The fourth-order valence-electron chi connectivity index (χ4n) is 3.47. The van der Waals surface area contributed by atoms with Gasteiger partial charge < -0.3 is 10.2 Å². The first-order chi connectivity index (χ1) is 16.3. The molecule has 0 spiro atoms. The average molecular weight is 507 g/mol. The summed E-state index contributed by atoms with van der Waals surface area (Å²) in [6.45, 7) is 6.80. The molecule has 2 amide bonds. The van der Waals surface area contributed by atoms with Crippen molar-refractivity contribution in [3.63, 3.8) is 0 Å². The third-order valence-corrected chi connectivity index (χ3v) is 7.03. The first-order valence-electron chi connectivity index (χ1n) is 11.4. The van der Waals surface area contributed by atoms with Crippen molar-refractivity contribution in [1.29, 1.82) is 0 Å². The van der Waals surface area contributed by atoms with Crippen molar-refractivity contribution < 1.29 is 22.4 Å². The number of nitrogens with zero attached hydrogens (tertiary/aromatic N) is 3. The predicted molar refractivity (Wildman–Crippen MR) is 135 cm³/mol. The van der Waals surface area contributed by atoms with E-state index in [0.29, 0.717) is 17.7 Å². The summed E-state index contributed by atoms with van der Waals surface area (Å²) >= 11 is 0. The molecule has 0 heterocycles. The van der Waals surface area contributed by atoms with Gasteiger partial charge in [0.25, 0.3) is 0 Å². The van der Waals surface area contributed by atoms with Crippen LogP contribution < -0.4 is 9.62 Å². The Kier molecular flexibility index (Phi) is 9.39. The van der Waals surface area contributed by atoms with Gasteiger partial charge in [-0.15, -0.1) is 0 Å². The molecule has 1 atom stereocenters. The molecule has 10 heteroatoms. The quantitative estimate of drug-likeness (QED) is 0.536. The number of amides is 2. The summed E-state index contributed by atoms with van der Waals surface area (Å²) in [7, 11) is -1.24. The molecule has 0 unspecified atom stereocenters. The second-order valence-electron chi connectivity index (χ2n) is 9.44. The molecule has 8 nitrogen and oxygen atoms in total. The van der Waals surface area contributed by atoms with Crippen LogP contribution in [0.1, 0.15) is 39.7 Å². The largest absolute Gasteiger partial charge is 0.350 e. The molecule has 2 aromatic carbocycles. The summed E-state index contributed by atoms with van der Waals surface area (Å²) in [5, 5.41) is 2.90. The van der Waals surface area contributed by atoms with Gasteiger partial charge >= 0.3 is 10.2 Å². The van der Waals surface area contributed by atoms with Crippen LogP contribution >= 0.6 is 0 Å². The van der Waals surface area contributed by atoms with E-state index in [0.717, 1.165) is 8.61 Å². The van der Waals surface area contributed by atoms with Gasteiger partial charge in [0.1, 0.15) is 18.4 Å². The van der Waals surface area contributed by atoms with Crippen molar-refractivity contribution >= 4 is 27.7 Å². The summed E-state index contributed by atoms with van der Waals surface area (Å²) in [6, 6.07) is 13.1. The van der Waals surface area contributed by atoms with Crippen molar-refractivity contribution in [2.45, 2.75) is 52.2 Å². The number of halogens is 1. The van der Waals surface area contributed by atoms with Gasteiger partial charge in [-0.25, -0.2) is 8.70 Å². The Labute approximate surface area is 207 Å². The second kappa shape index (κ2) is 11.6. The van der Waals surface area contributed by atoms with E-state index < -0.39 is 40.1 Å². The van der Waals surface area contributed by atoms with Crippen molar-refractivity contribution in [1.82, 2.24) is 14.5 Å². The van der Waals surface area contributed by atoms with Gasteiger partial charge in [0, 0.05) is 26.2 Å². The Morgan fingerprint density at radius 1 is 1.00 bits per heavy atom. The highest BCUT2D eigenvalue weighted by molar-refractivity contribution is 7.90. The molecule has 0 aliphatic carbocycles. The van der Waals surface area contributed by atoms with E-state index in [1.165, 1.54) is 43.3 Å². The van der Waals surface area contributed by atoms with E-state index >= 15 is 0 Å². The number of hydrogen-bond donors (Lipinski definition) is 1. The fourth-order valence-corrected chi connectivity index (χ4v) is 4.53. The van der Waals surface area contributed by atoms with Gasteiger partial charge in [0.05, 0.1) is 5.69 Å². The molecule has 0 fully saturated rings. The molecule has 0 bridgehead atoms. The van der Waals surface area contributed by atoms with Crippen LogP contribution in [0.2, 0.25) is 0 Å². The van der Waals surface area contributed by atoms with Crippen LogP contribution in [0.3, 0.4) is 0 Å². The van der Waals surface area contributed by atoms with Crippen LogP contribution in [-0.4, -0.2) is 61.7 Å². The van der Waals surface area contributed by atoms with E-state index in [1.807, 2.05) is 20.8 Å². The smallest absolute Gasteiger partial charge is 0.304 e. The Morgan fingerprint density at radius 2 is 1.57 bits per heavy atom. The maximum absolute atomic E-state index is 13.7. The molecule has 35 heavy (non-hydrogen) atoms. The summed E-state index contributed by atoms with van der Waals surface area (Å²) in [5.74, 6) is -1.33. The summed E-state index contributed by atoms with van der Waals surface area (Å²) in [5.41, 5.74) is 0.409. The highest BCUT2D eigenvalue weighted by atomic mass is 32.2. The molecule has 0 aromatic heterocycles. The number of benzene rings is 2. The number of carbonyl (C=O) groups is 2. The highest BCUT2D eigenvalue weighted by Gasteiger charge is 2.34. The van der Waals surface area contributed by atoms with E-state index in [-0.39, 0.29) is 12.5 Å². The topological polar surface area (TPSA) is 90.0 Å². The van der Waals surface area contributed by atoms with Crippen LogP contribution in [0.25, 0.3) is 0 Å². The van der Waals surface area contributed by atoms with E-state index in [4.69, 9.17) is 0 Å². The van der Waals surface area contributed by atoms with E-state index in [2.05, 4.69) is 5.32 Å². The lowest BCUT2D eigenvalue weighted by Gasteiger charge is -2.35. The SMILES string of the molecule is CC[C@H](C(=O)NC(C)(C)C)N(Cc1ccc(F)cc1)C(=O)CN(c1ccccc1)S(=O)(=O)N(C)C. The molecular weight excluding hydrogens is 471 g/mol. The lowest BCUT2D eigenvalue weighted by molar-refractivity contribution is -0.141. The van der Waals surface area contributed by atoms with Gasteiger partial charge in [0.2, 0.25) is 11.8 Å². The van der Waals surface area contributed by atoms with Crippen molar-refractivity contribution in [3.05, 3.63) is 66.0 Å². The van der Waals surface area contributed by atoms with Crippen LogP contribution in [0.4, 0.5) is 10.1 Å². The minimum absolute atomic E-state index is 0.0137. The Morgan fingerprint density at radius 3 is 2.06 bits per heavy atom. The number of para-hydroxylation sites is 1. The molecule has 2 rings (SSSR count). The number of hydrogen-bond acceptors (Lipinski definition) is 4. The van der Waals surface area contributed by atoms with Crippen molar-refractivity contribution in [2.75, 3.05) is 24.9 Å². The van der Waals surface area contributed by atoms with Crippen LogP contribution in [-0.2, 0) is 26.3 Å². The van der Waals surface area contributed by atoms with Crippen LogP contribution in [0, 0.1) is 5.82 Å². The number of nitrogens with one attached hydrogen (secondary N) is 1. The zero-order valence-corrected chi connectivity index (χ0v) is 22.0. The summed E-state index contributed by atoms with van der Waals surface area (Å²) in [4.78, 5) is 28.2. The molecular formula is C25H35FN4O4S. The zero-order valence-electron chi connectivity index (χ0n) is 21.2. The Hall–Kier alpha value is -2.98. The highest BCUT2D eigenvalue weighted by Crippen LogP contribution is 2.21. The monoisotopic (exact) mass is 506 g/mol. The number of rotatable bonds is 10. The normalized spacial score (nSPS) is 12.8. The van der Waals surface area contributed by atoms with Crippen molar-refractivity contribution in [3.8, 4) is 0 Å². The molecule has 0 saturated heterocycles. The van der Waals surface area contributed by atoms with Gasteiger partial charge in [-0.2, -0.15) is 12.7 Å². The average Bonchev–Trinajstić information content (AvgIpc) is 2.77. The molecule has 0 saturated carbocycles. The summed E-state index contributed by atoms with van der Waals surface area (Å²) < 4.78 is 41.7. The lowest BCUT2D eigenvalue weighted by atomic mass is 10.1. The molecule has 1 N–H and O–H groups in total. The first-order valence-corrected chi connectivity index (χ1v) is 12.8. The predicted octanol–water partition coefficient (Wildman–Crippen LogP) is 3.16. The fraction of sp³-hybridized carbons (Fsp3) is 0.440. The van der Waals surface area contributed by atoms with Crippen LogP contribution in [0.15, 0.2) is 54.6 Å². The van der Waals surface area contributed by atoms with Gasteiger partial charge in [-0.1, -0.05) is 37.3 Å². The van der Waals surface area contributed by atoms with Gasteiger partial charge in [-0.05, 0) is 57.0 Å². The minimum atomic E-state index is -4.01. The minimum Gasteiger partial charge on any atom is -0.350 e. The Balaban J connectivity index is 2.48.